The van der Waals surface area contributed by atoms with Crippen LogP contribution in [0.1, 0.15) is 30.5 Å². The Hall–Kier alpha value is -2.49. The second-order valence-corrected chi connectivity index (χ2v) is 5.99. The highest BCUT2D eigenvalue weighted by Gasteiger charge is 2.35. The summed E-state index contributed by atoms with van der Waals surface area (Å²) in [6, 6.07) is 13.9. The van der Waals surface area contributed by atoms with Gasteiger partial charge < -0.3 is 4.74 Å². The Morgan fingerprint density at radius 2 is 1.44 bits per heavy atom. The van der Waals surface area contributed by atoms with E-state index in [0.29, 0.717) is 10.8 Å². The van der Waals surface area contributed by atoms with Crippen molar-refractivity contribution in [2.24, 2.45) is 0 Å². The van der Waals surface area contributed by atoms with Crippen LogP contribution in [0.3, 0.4) is 0 Å². The molecule has 0 atom stereocenters. The number of halogens is 3. The van der Waals surface area contributed by atoms with Crippen molar-refractivity contribution >= 4 is 10.8 Å². The van der Waals surface area contributed by atoms with E-state index in [4.69, 9.17) is 4.74 Å². The van der Waals surface area contributed by atoms with Crippen LogP contribution in [0.25, 0.3) is 10.8 Å². The van der Waals surface area contributed by atoms with Crippen molar-refractivity contribution in [1.29, 1.82) is 0 Å². The molecule has 4 heteroatoms. The third-order valence-corrected chi connectivity index (χ3v) is 4.30. The lowest BCUT2D eigenvalue weighted by Gasteiger charge is -2.19. The van der Waals surface area contributed by atoms with Crippen LogP contribution in [-0.2, 0) is 19.0 Å². The van der Waals surface area contributed by atoms with Crippen LogP contribution < -0.4 is 4.74 Å². The normalized spacial score (nSPS) is 11.7. The van der Waals surface area contributed by atoms with Crippen LogP contribution in [0.2, 0.25) is 0 Å². The van der Waals surface area contributed by atoms with Crippen molar-refractivity contribution < 1.29 is 17.9 Å². The summed E-state index contributed by atoms with van der Waals surface area (Å²) in [7, 11) is 0. The fourth-order valence-electron chi connectivity index (χ4n) is 2.73. The average molecular weight is 344 g/mol. The Bertz CT molecular complexity index is 886. The molecule has 0 amide bonds. The zero-order chi connectivity index (χ0) is 18.0. The molecule has 3 aromatic rings. The first kappa shape index (κ1) is 17.3. The van der Waals surface area contributed by atoms with E-state index in [9.17, 15) is 13.2 Å². The lowest BCUT2D eigenvalue weighted by molar-refractivity contribution is -0.186. The molecule has 3 aromatic carbocycles. The van der Waals surface area contributed by atoms with Gasteiger partial charge in [-0.3, -0.25) is 0 Å². The van der Waals surface area contributed by atoms with Crippen LogP contribution in [0.4, 0.5) is 13.2 Å². The van der Waals surface area contributed by atoms with Gasteiger partial charge in [0.15, 0.2) is 11.6 Å². The predicted molar refractivity (Wildman–Crippen MR) is 93.6 cm³/mol. The van der Waals surface area contributed by atoms with Crippen LogP contribution >= 0.6 is 0 Å². The highest BCUT2D eigenvalue weighted by Crippen LogP contribution is 2.35. The van der Waals surface area contributed by atoms with Crippen molar-refractivity contribution in [3.05, 3.63) is 77.1 Å². The Balaban J connectivity index is 1.93. The molecule has 0 aliphatic carbocycles. The van der Waals surface area contributed by atoms with Gasteiger partial charge in [-0.2, -0.15) is 8.78 Å². The highest BCUT2D eigenvalue weighted by molar-refractivity contribution is 5.84. The molecule has 0 N–H and O–H groups in total. The molecular weight excluding hydrogens is 325 g/mol. The minimum Gasteiger partial charge on any atom is -0.426 e. The summed E-state index contributed by atoms with van der Waals surface area (Å²) in [6.07, 6.45) is -2.03. The quantitative estimate of drug-likeness (QED) is 0.533. The first-order valence-corrected chi connectivity index (χ1v) is 8.31. The van der Waals surface area contributed by atoms with Gasteiger partial charge in [0.25, 0.3) is 0 Å². The zero-order valence-corrected chi connectivity index (χ0v) is 14.2. The minimum absolute atomic E-state index is 0.300. The number of hydrogen-bond donors (Lipinski definition) is 0. The van der Waals surface area contributed by atoms with E-state index in [1.807, 2.05) is 26.0 Å². The third kappa shape index (κ3) is 3.63. The lowest BCUT2D eigenvalue weighted by Crippen LogP contribution is -2.22. The van der Waals surface area contributed by atoms with Gasteiger partial charge in [0, 0.05) is 0 Å². The maximum atomic E-state index is 14.4. The molecule has 3 rings (SSSR count). The summed E-state index contributed by atoms with van der Waals surface area (Å²) < 4.78 is 47.8. The monoisotopic (exact) mass is 344 g/mol. The van der Waals surface area contributed by atoms with Gasteiger partial charge in [0.1, 0.15) is 0 Å². The van der Waals surface area contributed by atoms with Gasteiger partial charge in [0.05, 0.1) is 5.56 Å². The van der Waals surface area contributed by atoms with Crippen LogP contribution in [-0.4, -0.2) is 0 Å². The number of alkyl halides is 2. The topological polar surface area (TPSA) is 9.23 Å². The molecule has 0 aliphatic heterocycles. The molecule has 0 saturated carbocycles. The van der Waals surface area contributed by atoms with Crippen molar-refractivity contribution in [3.63, 3.8) is 0 Å². The SMILES string of the molecule is CCc1ccc(C(F)(F)Oc2cc3ccc(CC)cc3cc2F)cc1. The maximum Gasteiger partial charge on any atom is 0.426 e. The summed E-state index contributed by atoms with van der Waals surface area (Å²) in [5.41, 5.74) is 1.70. The number of fused-ring (bicyclic) bond motifs is 1. The molecule has 0 aliphatic rings. The Labute approximate surface area is 145 Å². The van der Waals surface area contributed by atoms with Crippen molar-refractivity contribution in [1.82, 2.24) is 0 Å². The van der Waals surface area contributed by atoms with E-state index in [2.05, 4.69) is 0 Å². The van der Waals surface area contributed by atoms with Crippen LogP contribution in [0.15, 0.2) is 54.6 Å². The first-order chi connectivity index (χ1) is 11.9. The van der Waals surface area contributed by atoms with E-state index in [1.54, 1.807) is 18.2 Å². The summed E-state index contributed by atoms with van der Waals surface area (Å²) in [6.45, 7) is 3.94. The van der Waals surface area contributed by atoms with E-state index in [-0.39, 0.29) is 5.56 Å². The zero-order valence-electron chi connectivity index (χ0n) is 14.2. The standard InChI is InChI=1S/C21H19F3O/c1-3-14-6-9-18(10-7-14)21(23,24)25-20-13-16-8-5-15(4-2)11-17(16)12-19(20)22/h5-13H,3-4H2,1-2H3. The lowest BCUT2D eigenvalue weighted by atomic mass is 10.0. The van der Waals surface area contributed by atoms with E-state index in [1.165, 1.54) is 24.3 Å². The van der Waals surface area contributed by atoms with Gasteiger partial charge in [-0.25, -0.2) is 4.39 Å². The highest BCUT2D eigenvalue weighted by atomic mass is 19.3. The second kappa shape index (κ2) is 6.79. The molecule has 0 saturated heterocycles. The summed E-state index contributed by atoms with van der Waals surface area (Å²) in [5.74, 6) is -1.26. The van der Waals surface area contributed by atoms with E-state index < -0.39 is 17.7 Å². The second-order valence-electron chi connectivity index (χ2n) is 5.99. The van der Waals surface area contributed by atoms with Crippen LogP contribution in [0.5, 0.6) is 5.75 Å². The molecule has 130 valence electrons. The van der Waals surface area contributed by atoms with Gasteiger partial charge in [-0.15, -0.1) is 0 Å². The number of benzene rings is 3. The Kier molecular flexibility index (Phi) is 4.71. The van der Waals surface area contributed by atoms with Crippen LogP contribution in [0, 0.1) is 5.82 Å². The van der Waals surface area contributed by atoms with Gasteiger partial charge in [-0.1, -0.05) is 44.2 Å². The Morgan fingerprint density at radius 3 is 2.08 bits per heavy atom. The number of rotatable bonds is 5. The fourth-order valence-corrected chi connectivity index (χ4v) is 2.73. The molecule has 0 heterocycles. The first-order valence-electron chi connectivity index (χ1n) is 8.31. The molecule has 0 spiro atoms. The molecule has 0 fully saturated rings. The molecule has 25 heavy (non-hydrogen) atoms. The van der Waals surface area contributed by atoms with Gasteiger partial charge in [-0.05, 0) is 59.0 Å². The molecule has 0 radical (unpaired) electrons. The van der Waals surface area contributed by atoms with Gasteiger partial charge >= 0.3 is 6.11 Å². The number of ether oxygens (including phenoxy) is 1. The summed E-state index contributed by atoms with van der Waals surface area (Å²) >= 11 is 0. The number of hydrogen-bond acceptors (Lipinski definition) is 1. The average Bonchev–Trinajstić information content (AvgIpc) is 2.61. The van der Waals surface area contributed by atoms with Gasteiger partial charge in [0.2, 0.25) is 0 Å². The number of aryl methyl sites for hydroxylation is 2. The molecule has 0 bridgehead atoms. The fraction of sp³-hybridized carbons (Fsp3) is 0.238. The molecule has 0 unspecified atom stereocenters. The van der Waals surface area contributed by atoms with Crippen molar-refractivity contribution in [2.45, 2.75) is 32.8 Å². The predicted octanol–water partition coefficient (Wildman–Crippen LogP) is 6.23. The summed E-state index contributed by atoms with van der Waals surface area (Å²) in [5, 5.41) is 1.32. The maximum absolute atomic E-state index is 14.4. The third-order valence-electron chi connectivity index (χ3n) is 4.30. The van der Waals surface area contributed by atoms with Crippen molar-refractivity contribution in [3.8, 4) is 5.75 Å². The van der Waals surface area contributed by atoms with E-state index in [0.717, 1.165) is 24.0 Å². The molecule has 0 aromatic heterocycles. The Morgan fingerprint density at radius 1 is 0.800 bits per heavy atom. The van der Waals surface area contributed by atoms with E-state index >= 15 is 0 Å². The molecule has 1 nitrogen and oxygen atoms in total. The minimum atomic E-state index is -3.61. The smallest absolute Gasteiger partial charge is 0.426 e. The summed E-state index contributed by atoms with van der Waals surface area (Å²) in [4.78, 5) is 0. The van der Waals surface area contributed by atoms with Crippen molar-refractivity contribution in [2.75, 3.05) is 0 Å². The largest absolute Gasteiger partial charge is 0.426 e. The molecular formula is C21H19F3O.